The molecule has 3 rings (SSSR count). The molecule has 0 saturated carbocycles. The molecule has 1 saturated heterocycles. The van der Waals surface area contributed by atoms with Crippen molar-refractivity contribution in [3.63, 3.8) is 0 Å². The van der Waals surface area contributed by atoms with Crippen LogP contribution in [0, 0.1) is 0 Å². The van der Waals surface area contributed by atoms with Gasteiger partial charge in [-0.3, -0.25) is 4.79 Å². The maximum atomic E-state index is 12.4. The van der Waals surface area contributed by atoms with E-state index in [9.17, 15) is 4.79 Å². The lowest BCUT2D eigenvalue weighted by Crippen LogP contribution is -2.49. The summed E-state index contributed by atoms with van der Waals surface area (Å²) in [6.45, 7) is 2.87. The first-order chi connectivity index (χ1) is 13.5. The highest BCUT2D eigenvalue weighted by atomic mass is 127. The number of guanidine groups is 1. The first-order valence-electron chi connectivity index (χ1n) is 9.04. The van der Waals surface area contributed by atoms with E-state index in [2.05, 4.69) is 15.2 Å². The van der Waals surface area contributed by atoms with Crippen molar-refractivity contribution in [3.8, 4) is 5.75 Å². The predicted molar refractivity (Wildman–Crippen MR) is 129 cm³/mol. The number of anilines is 2. The summed E-state index contributed by atoms with van der Waals surface area (Å²) in [7, 11) is 1.60. The number of methoxy groups -OCH3 is 1. The van der Waals surface area contributed by atoms with Gasteiger partial charge in [-0.15, -0.1) is 24.0 Å². The van der Waals surface area contributed by atoms with Gasteiger partial charge < -0.3 is 25.6 Å². The minimum Gasteiger partial charge on any atom is -0.497 e. The second-order valence-electron chi connectivity index (χ2n) is 6.40. The van der Waals surface area contributed by atoms with Gasteiger partial charge >= 0.3 is 0 Å². The lowest BCUT2D eigenvalue weighted by Gasteiger charge is -2.36. The van der Waals surface area contributed by atoms with Gasteiger partial charge in [-0.1, -0.05) is 17.7 Å². The molecule has 1 fully saturated rings. The van der Waals surface area contributed by atoms with Crippen LogP contribution in [-0.4, -0.2) is 56.6 Å². The number of halogens is 2. The largest absolute Gasteiger partial charge is 0.497 e. The minimum atomic E-state index is -0.0360. The Labute approximate surface area is 192 Å². The van der Waals surface area contributed by atoms with Crippen molar-refractivity contribution >= 4 is 58.8 Å². The Morgan fingerprint density at radius 2 is 1.86 bits per heavy atom. The molecule has 0 bridgehead atoms. The number of carbonyl (C=O) groups excluding carboxylic acids is 1. The highest BCUT2D eigenvalue weighted by Gasteiger charge is 2.21. The average Bonchev–Trinajstić information content (AvgIpc) is 2.73. The lowest BCUT2D eigenvalue weighted by atomic mass is 10.2. The Balaban J connectivity index is 0.00000300. The molecule has 0 spiro atoms. The summed E-state index contributed by atoms with van der Waals surface area (Å²) in [6.07, 6.45) is 0. The molecule has 2 aromatic carbocycles. The van der Waals surface area contributed by atoms with Gasteiger partial charge in [0.2, 0.25) is 5.91 Å². The third-order valence-electron chi connectivity index (χ3n) is 4.55. The van der Waals surface area contributed by atoms with Crippen LogP contribution in [0.25, 0.3) is 0 Å². The fourth-order valence-corrected chi connectivity index (χ4v) is 3.13. The Bertz CT molecular complexity index is 839. The van der Waals surface area contributed by atoms with Crippen LogP contribution in [0.15, 0.2) is 53.5 Å². The number of benzene rings is 2. The molecular formula is C20H25ClIN5O2. The molecule has 9 heteroatoms. The second kappa shape index (κ2) is 11.1. The Hall–Kier alpha value is -2.20. The number of hydrogen-bond acceptors (Lipinski definition) is 4. The van der Waals surface area contributed by atoms with E-state index < -0.39 is 0 Å². The molecule has 3 N–H and O–H groups in total. The number of aliphatic imine (C=N–C) groups is 1. The molecule has 1 aliphatic rings. The van der Waals surface area contributed by atoms with E-state index in [4.69, 9.17) is 22.1 Å². The normalized spacial score (nSPS) is 14.2. The molecule has 1 aliphatic heterocycles. The zero-order valence-electron chi connectivity index (χ0n) is 16.2. The summed E-state index contributed by atoms with van der Waals surface area (Å²) in [5, 5.41) is 3.68. The highest BCUT2D eigenvalue weighted by Crippen LogP contribution is 2.19. The molecule has 156 valence electrons. The van der Waals surface area contributed by atoms with Crippen molar-refractivity contribution in [2.45, 2.75) is 0 Å². The van der Waals surface area contributed by atoms with Gasteiger partial charge in [-0.05, 0) is 36.4 Å². The van der Waals surface area contributed by atoms with Crippen LogP contribution in [0.2, 0.25) is 5.02 Å². The third kappa shape index (κ3) is 6.67. The molecule has 1 amide bonds. The maximum absolute atomic E-state index is 12.4. The summed E-state index contributed by atoms with van der Waals surface area (Å²) >= 11 is 5.94. The van der Waals surface area contributed by atoms with Crippen molar-refractivity contribution in [3.05, 3.63) is 53.6 Å². The van der Waals surface area contributed by atoms with Crippen LogP contribution in [0.3, 0.4) is 0 Å². The molecular weight excluding hydrogens is 505 g/mol. The predicted octanol–water partition coefficient (Wildman–Crippen LogP) is 3.04. The fraction of sp³-hybridized carbons (Fsp3) is 0.300. The maximum Gasteiger partial charge on any atom is 0.244 e. The number of nitrogens with one attached hydrogen (secondary N) is 1. The van der Waals surface area contributed by atoms with Crippen LogP contribution in [0.4, 0.5) is 11.4 Å². The summed E-state index contributed by atoms with van der Waals surface area (Å²) in [4.78, 5) is 20.6. The van der Waals surface area contributed by atoms with E-state index in [1.807, 2.05) is 47.4 Å². The number of carbonyl (C=O) groups is 1. The number of nitrogens with zero attached hydrogens (tertiary/aromatic N) is 3. The third-order valence-corrected chi connectivity index (χ3v) is 4.80. The summed E-state index contributed by atoms with van der Waals surface area (Å²) in [6, 6.07) is 15.1. The van der Waals surface area contributed by atoms with E-state index in [-0.39, 0.29) is 42.4 Å². The van der Waals surface area contributed by atoms with Gasteiger partial charge in [0.05, 0.1) is 7.11 Å². The summed E-state index contributed by atoms with van der Waals surface area (Å²) in [5.74, 6) is 0.875. The fourth-order valence-electron chi connectivity index (χ4n) is 3.01. The van der Waals surface area contributed by atoms with Gasteiger partial charge in [0, 0.05) is 48.6 Å². The number of piperazine rings is 1. The smallest absolute Gasteiger partial charge is 0.244 e. The first kappa shape index (κ1) is 23.1. The van der Waals surface area contributed by atoms with E-state index in [0.717, 1.165) is 29.5 Å². The zero-order chi connectivity index (χ0) is 19.9. The average molecular weight is 530 g/mol. The molecule has 0 unspecified atom stereocenters. The number of ether oxygens (including phenoxy) is 1. The lowest BCUT2D eigenvalue weighted by molar-refractivity contribution is -0.129. The van der Waals surface area contributed by atoms with E-state index in [0.29, 0.717) is 18.8 Å². The van der Waals surface area contributed by atoms with Crippen LogP contribution in [0.5, 0.6) is 5.75 Å². The topological polar surface area (TPSA) is 83.2 Å². The molecule has 1 heterocycles. The minimum absolute atomic E-state index is 0. The first-order valence-corrected chi connectivity index (χ1v) is 9.42. The van der Waals surface area contributed by atoms with Crippen molar-refractivity contribution in [1.82, 2.24) is 4.90 Å². The SMILES string of the molecule is COc1cccc(NC(N)=NCC(=O)N2CCN(c3ccc(Cl)cc3)CC2)c1.I. The highest BCUT2D eigenvalue weighted by molar-refractivity contribution is 14.0. The standard InChI is InChI=1S/C20H24ClN5O2.HI/c1-28-18-4-2-3-16(13-18)24-20(22)23-14-19(27)26-11-9-25(10-12-26)17-7-5-15(21)6-8-17;/h2-8,13H,9-12,14H2,1H3,(H3,22,23,24);1H. The number of amides is 1. The molecule has 0 aliphatic carbocycles. The monoisotopic (exact) mass is 529 g/mol. The summed E-state index contributed by atoms with van der Waals surface area (Å²) in [5.41, 5.74) is 7.76. The number of nitrogens with two attached hydrogens (primary N) is 1. The van der Waals surface area contributed by atoms with Crippen LogP contribution >= 0.6 is 35.6 Å². The number of hydrogen-bond donors (Lipinski definition) is 2. The van der Waals surface area contributed by atoms with E-state index >= 15 is 0 Å². The van der Waals surface area contributed by atoms with Crippen LogP contribution in [0.1, 0.15) is 0 Å². The molecule has 29 heavy (non-hydrogen) atoms. The van der Waals surface area contributed by atoms with Crippen LogP contribution < -0.4 is 20.7 Å². The molecule has 0 aromatic heterocycles. The summed E-state index contributed by atoms with van der Waals surface area (Å²) < 4.78 is 5.17. The van der Waals surface area contributed by atoms with E-state index in [1.54, 1.807) is 13.2 Å². The van der Waals surface area contributed by atoms with Crippen molar-refractivity contribution in [1.29, 1.82) is 0 Å². The second-order valence-corrected chi connectivity index (χ2v) is 6.84. The van der Waals surface area contributed by atoms with E-state index in [1.165, 1.54) is 0 Å². The van der Waals surface area contributed by atoms with Gasteiger partial charge in [0.1, 0.15) is 12.3 Å². The van der Waals surface area contributed by atoms with Gasteiger partial charge in [-0.2, -0.15) is 0 Å². The Morgan fingerprint density at radius 3 is 2.52 bits per heavy atom. The van der Waals surface area contributed by atoms with Crippen molar-refractivity contribution in [2.75, 3.05) is 50.1 Å². The Morgan fingerprint density at radius 1 is 1.17 bits per heavy atom. The zero-order valence-corrected chi connectivity index (χ0v) is 19.3. The Kier molecular flexibility index (Phi) is 8.84. The van der Waals surface area contributed by atoms with Gasteiger partial charge in [0.15, 0.2) is 5.96 Å². The molecule has 2 aromatic rings. The quantitative estimate of drug-likeness (QED) is 0.353. The van der Waals surface area contributed by atoms with Crippen molar-refractivity contribution < 1.29 is 9.53 Å². The van der Waals surface area contributed by atoms with Gasteiger partial charge in [0.25, 0.3) is 0 Å². The van der Waals surface area contributed by atoms with Gasteiger partial charge in [-0.25, -0.2) is 4.99 Å². The number of rotatable bonds is 5. The molecule has 0 radical (unpaired) electrons. The molecule has 0 atom stereocenters. The van der Waals surface area contributed by atoms with Crippen molar-refractivity contribution in [2.24, 2.45) is 10.7 Å². The van der Waals surface area contributed by atoms with Crippen LogP contribution in [-0.2, 0) is 4.79 Å². The molecule has 7 nitrogen and oxygen atoms in total.